The van der Waals surface area contributed by atoms with Crippen molar-refractivity contribution in [3.8, 4) is 11.1 Å². The van der Waals surface area contributed by atoms with E-state index in [1.165, 1.54) is 12.1 Å². The zero-order valence-corrected chi connectivity index (χ0v) is 18.9. The van der Waals surface area contributed by atoms with Crippen LogP contribution in [-0.2, 0) is 29.4 Å². The fourth-order valence-electron chi connectivity index (χ4n) is 4.65. The lowest BCUT2D eigenvalue weighted by Gasteiger charge is -2.19. The highest BCUT2D eigenvalue weighted by Gasteiger charge is 2.33. The van der Waals surface area contributed by atoms with Gasteiger partial charge in [0.25, 0.3) is 0 Å². The summed E-state index contributed by atoms with van der Waals surface area (Å²) in [5, 5.41) is 0.616. The molecule has 4 nitrogen and oxygen atoms in total. The molecule has 1 N–H and O–H groups in total. The maximum Gasteiger partial charge on any atom is 0.417 e. The quantitative estimate of drug-likeness (QED) is 0.403. The van der Waals surface area contributed by atoms with Crippen LogP contribution in [0.3, 0.4) is 0 Å². The van der Waals surface area contributed by atoms with Crippen molar-refractivity contribution in [3.05, 3.63) is 95.2 Å². The average molecular weight is 483 g/mol. The van der Waals surface area contributed by atoms with Gasteiger partial charge in [0.2, 0.25) is 10.3 Å². The molecule has 0 atom stereocenters. The number of hydrogen-bond donors (Lipinski definition) is 1. The summed E-state index contributed by atoms with van der Waals surface area (Å²) in [6.45, 7) is 1.49. The first-order valence-electron chi connectivity index (χ1n) is 10.8. The molecule has 0 saturated heterocycles. The summed E-state index contributed by atoms with van der Waals surface area (Å²) in [5.74, 6) is 0. The fraction of sp³-hybridized carbons (Fsp3) is 0.192. The van der Waals surface area contributed by atoms with Gasteiger partial charge in [-0.1, -0.05) is 54.6 Å². The standard InChI is InChI=1S/C26H21F3N2O2S/c27-26(28,29)21-9-5-4-8-19(21)18-10-11-22-20(14-18)25-23(30-22)12-13-31(16-24(25)34(32)33)15-17-6-2-1-3-7-17/h1-11,14,30H,12-13,15-16H2. The van der Waals surface area contributed by atoms with Crippen LogP contribution in [0.1, 0.15) is 22.4 Å². The molecule has 4 aromatic rings. The monoisotopic (exact) mass is 482 g/mol. The topological polar surface area (TPSA) is 53.2 Å². The molecule has 0 saturated carbocycles. The number of halogens is 3. The number of alkyl halides is 3. The summed E-state index contributed by atoms with van der Waals surface area (Å²) >= 11 is 0. The van der Waals surface area contributed by atoms with Gasteiger partial charge < -0.3 is 4.98 Å². The van der Waals surface area contributed by atoms with Crippen LogP contribution < -0.4 is 0 Å². The summed E-state index contributed by atoms with van der Waals surface area (Å²) in [4.78, 5) is 5.62. The van der Waals surface area contributed by atoms with Crippen molar-refractivity contribution in [1.82, 2.24) is 9.88 Å². The molecule has 174 valence electrons. The van der Waals surface area contributed by atoms with Gasteiger partial charge in [0.05, 0.1) is 10.4 Å². The largest absolute Gasteiger partial charge is 0.417 e. The van der Waals surface area contributed by atoms with Gasteiger partial charge in [-0.3, -0.25) is 4.90 Å². The van der Waals surface area contributed by atoms with Crippen molar-refractivity contribution < 1.29 is 21.6 Å². The van der Waals surface area contributed by atoms with Gasteiger partial charge in [0.1, 0.15) is 0 Å². The first-order valence-corrected chi connectivity index (χ1v) is 11.9. The summed E-state index contributed by atoms with van der Waals surface area (Å²) in [5.41, 5.74) is 2.88. The lowest BCUT2D eigenvalue weighted by atomic mass is 9.96. The molecule has 3 aromatic carbocycles. The van der Waals surface area contributed by atoms with Gasteiger partial charge in [-0.2, -0.15) is 21.6 Å². The number of aromatic amines is 1. The second-order valence-corrected chi connectivity index (χ2v) is 9.35. The third-order valence-corrected chi connectivity index (χ3v) is 6.93. The number of H-pyrrole nitrogens is 1. The zero-order chi connectivity index (χ0) is 23.9. The molecule has 5 rings (SSSR count). The van der Waals surface area contributed by atoms with Gasteiger partial charge in [0, 0.05) is 48.2 Å². The van der Waals surface area contributed by atoms with Crippen LogP contribution in [0.4, 0.5) is 13.2 Å². The second kappa shape index (κ2) is 8.77. The van der Waals surface area contributed by atoms with E-state index in [9.17, 15) is 21.6 Å². The molecule has 0 radical (unpaired) electrons. The summed E-state index contributed by atoms with van der Waals surface area (Å²) < 4.78 is 65.5. The Kier molecular flexibility index (Phi) is 5.79. The fourth-order valence-corrected chi connectivity index (χ4v) is 5.33. The average Bonchev–Trinajstić information content (AvgIpc) is 3.08. The van der Waals surface area contributed by atoms with Crippen molar-refractivity contribution in [2.24, 2.45) is 0 Å². The molecule has 0 amide bonds. The van der Waals surface area contributed by atoms with Gasteiger partial charge >= 0.3 is 6.18 Å². The minimum absolute atomic E-state index is 0.0657. The summed E-state index contributed by atoms with van der Waals surface area (Å²) in [6, 6.07) is 20.3. The van der Waals surface area contributed by atoms with E-state index in [2.05, 4.69) is 9.88 Å². The minimum atomic E-state index is -4.49. The van der Waals surface area contributed by atoms with Gasteiger partial charge in [0.15, 0.2) is 0 Å². The van der Waals surface area contributed by atoms with Crippen LogP contribution >= 0.6 is 0 Å². The number of benzene rings is 3. The van der Waals surface area contributed by atoms with Crippen LogP contribution in [-0.4, -0.2) is 36.3 Å². The van der Waals surface area contributed by atoms with Crippen LogP contribution in [0.15, 0.2) is 72.8 Å². The van der Waals surface area contributed by atoms with E-state index >= 15 is 0 Å². The molecular formula is C26H21F3N2O2S. The number of fused-ring (bicyclic) bond motifs is 3. The van der Waals surface area contributed by atoms with Crippen molar-refractivity contribution in [2.75, 3.05) is 13.1 Å². The summed E-state index contributed by atoms with van der Waals surface area (Å²) in [6.07, 6.45) is -3.89. The number of hydrogen-bond acceptors (Lipinski definition) is 3. The van der Waals surface area contributed by atoms with Crippen LogP contribution in [0, 0.1) is 0 Å². The molecule has 1 aliphatic rings. The van der Waals surface area contributed by atoms with Gasteiger partial charge in [-0.05, 0) is 34.9 Å². The first-order chi connectivity index (χ1) is 16.3. The van der Waals surface area contributed by atoms with E-state index in [1.807, 2.05) is 30.3 Å². The molecule has 2 heterocycles. The van der Waals surface area contributed by atoms with Crippen LogP contribution in [0.2, 0.25) is 0 Å². The predicted molar refractivity (Wildman–Crippen MR) is 127 cm³/mol. The first kappa shape index (κ1) is 22.4. The molecule has 1 aliphatic heterocycles. The molecule has 0 spiro atoms. The van der Waals surface area contributed by atoms with Crippen molar-refractivity contribution in [3.63, 3.8) is 0 Å². The Morgan fingerprint density at radius 1 is 0.941 bits per heavy atom. The molecule has 0 bridgehead atoms. The van der Waals surface area contributed by atoms with Crippen LogP contribution in [0.5, 0.6) is 0 Å². The smallest absolute Gasteiger partial charge is 0.358 e. The summed E-state index contributed by atoms with van der Waals surface area (Å²) in [7, 11) is -2.48. The van der Waals surface area contributed by atoms with Gasteiger partial charge in [-0.25, -0.2) is 0 Å². The maximum absolute atomic E-state index is 13.6. The normalized spacial score (nSPS) is 14.7. The van der Waals surface area contributed by atoms with Crippen molar-refractivity contribution >= 4 is 26.1 Å². The highest BCUT2D eigenvalue weighted by atomic mass is 32.2. The molecule has 0 aliphatic carbocycles. The number of rotatable bonds is 3. The van der Waals surface area contributed by atoms with Crippen molar-refractivity contribution in [1.29, 1.82) is 0 Å². The molecule has 0 unspecified atom stereocenters. The minimum Gasteiger partial charge on any atom is -0.358 e. The molecular weight excluding hydrogens is 461 g/mol. The molecule has 0 fully saturated rings. The number of aromatic nitrogens is 1. The number of nitrogens with zero attached hydrogens (tertiary/aromatic N) is 1. The lowest BCUT2D eigenvalue weighted by Crippen LogP contribution is -2.29. The Morgan fingerprint density at radius 3 is 2.41 bits per heavy atom. The SMILES string of the molecule is O=S(=O)=C1CN(Cc2ccccc2)CCc2[nH]c3ccc(-c4ccccc4C(F)(F)F)cc3c21. The molecule has 34 heavy (non-hydrogen) atoms. The van der Waals surface area contributed by atoms with E-state index < -0.39 is 22.0 Å². The Morgan fingerprint density at radius 2 is 1.68 bits per heavy atom. The Hall–Kier alpha value is -3.36. The second-order valence-electron chi connectivity index (χ2n) is 8.39. The van der Waals surface area contributed by atoms with E-state index in [1.54, 1.807) is 24.3 Å². The maximum atomic E-state index is 13.6. The lowest BCUT2D eigenvalue weighted by molar-refractivity contribution is -0.137. The highest BCUT2D eigenvalue weighted by Crippen LogP contribution is 2.38. The van der Waals surface area contributed by atoms with E-state index in [-0.39, 0.29) is 17.0 Å². The molecule has 1 aromatic heterocycles. The van der Waals surface area contributed by atoms with E-state index in [0.29, 0.717) is 41.5 Å². The third-order valence-electron chi connectivity index (χ3n) is 6.19. The predicted octanol–water partition coefficient (Wildman–Crippen LogP) is 5.31. The highest BCUT2D eigenvalue weighted by molar-refractivity contribution is 7.73. The Bertz CT molecular complexity index is 1500. The zero-order valence-electron chi connectivity index (χ0n) is 18.1. The van der Waals surface area contributed by atoms with Gasteiger partial charge in [-0.15, -0.1) is 0 Å². The van der Waals surface area contributed by atoms with Crippen LogP contribution in [0.25, 0.3) is 22.0 Å². The van der Waals surface area contributed by atoms with Crippen molar-refractivity contribution in [2.45, 2.75) is 19.1 Å². The number of nitrogens with one attached hydrogen (secondary N) is 1. The third kappa shape index (κ3) is 4.26. The van der Waals surface area contributed by atoms with E-state index in [0.717, 1.165) is 17.3 Å². The Balaban J connectivity index is 1.60. The molecule has 8 heteroatoms. The van der Waals surface area contributed by atoms with E-state index in [4.69, 9.17) is 0 Å². The Labute approximate surface area is 196 Å².